The molecule has 0 spiro atoms. The highest BCUT2D eigenvalue weighted by molar-refractivity contribution is 5.64. The van der Waals surface area contributed by atoms with Crippen LogP contribution in [0.1, 0.15) is 0 Å². The number of rotatable bonds is 1. The van der Waals surface area contributed by atoms with Crippen molar-refractivity contribution in [3.63, 3.8) is 0 Å². The second-order valence-electron chi connectivity index (χ2n) is 2.45. The number of hydrogen-bond donors (Lipinski definition) is 2. The Morgan fingerprint density at radius 2 is 2.25 bits per heavy atom. The zero-order valence-corrected chi connectivity index (χ0v) is 6.99. The van der Waals surface area contributed by atoms with E-state index in [1.54, 1.807) is 12.2 Å². The summed E-state index contributed by atoms with van der Waals surface area (Å²) in [5, 5.41) is 11.5. The van der Waals surface area contributed by atoms with Gasteiger partial charge in [0.15, 0.2) is 0 Å². The molecule has 1 aliphatic heterocycles. The predicted octanol–water partition coefficient (Wildman–Crippen LogP) is -0.652. The second kappa shape index (κ2) is 4.24. The van der Waals surface area contributed by atoms with Crippen molar-refractivity contribution in [3.05, 3.63) is 0 Å². The number of hydroxylamine groups is 2. The van der Waals surface area contributed by atoms with Gasteiger partial charge in [0.25, 0.3) is 0 Å². The van der Waals surface area contributed by atoms with E-state index < -0.39 is 6.09 Å². The minimum absolute atomic E-state index is 0.420. The Kier molecular flexibility index (Phi) is 3.27. The molecule has 1 rings (SSSR count). The van der Waals surface area contributed by atoms with Gasteiger partial charge in [0, 0.05) is 19.6 Å². The maximum atomic E-state index is 10.5. The fraction of sp³-hybridized carbons (Fsp3) is 0.833. The number of carboxylic acid groups (broad SMARTS) is 1. The van der Waals surface area contributed by atoms with E-state index >= 15 is 0 Å². The van der Waals surface area contributed by atoms with E-state index in [1.807, 2.05) is 0 Å². The van der Waals surface area contributed by atoms with Crippen LogP contribution in [0.4, 0.5) is 4.79 Å². The third kappa shape index (κ3) is 2.33. The van der Waals surface area contributed by atoms with Gasteiger partial charge in [-0.15, -0.1) is 0 Å². The van der Waals surface area contributed by atoms with Crippen LogP contribution in [-0.4, -0.2) is 54.6 Å². The van der Waals surface area contributed by atoms with Crippen LogP contribution >= 0.6 is 0 Å². The Hall–Kier alpha value is -0.850. The number of hydrogen-bond acceptors (Lipinski definition) is 4. The van der Waals surface area contributed by atoms with Gasteiger partial charge in [0.05, 0.1) is 13.7 Å². The summed E-state index contributed by atoms with van der Waals surface area (Å²) in [6, 6.07) is 0. The second-order valence-corrected chi connectivity index (χ2v) is 2.45. The number of carbonyl (C=O) groups is 1. The first-order chi connectivity index (χ1) is 5.74. The fourth-order valence-corrected chi connectivity index (χ4v) is 1.06. The van der Waals surface area contributed by atoms with Crippen LogP contribution in [0.3, 0.4) is 0 Å². The summed E-state index contributed by atoms with van der Waals surface area (Å²) in [5.74, 6) is 0. The van der Waals surface area contributed by atoms with Crippen molar-refractivity contribution in [2.24, 2.45) is 0 Å². The van der Waals surface area contributed by atoms with Gasteiger partial charge >= 0.3 is 6.09 Å². The van der Waals surface area contributed by atoms with Gasteiger partial charge in [-0.25, -0.2) is 15.2 Å². The molecular weight excluding hydrogens is 162 g/mol. The van der Waals surface area contributed by atoms with Crippen LogP contribution in [-0.2, 0) is 4.84 Å². The lowest BCUT2D eigenvalue weighted by molar-refractivity contribution is -0.125. The zero-order chi connectivity index (χ0) is 8.97. The van der Waals surface area contributed by atoms with E-state index in [2.05, 4.69) is 5.43 Å². The Balaban J connectivity index is 2.39. The summed E-state index contributed by atoms with van der Waals surface area (Å²) < 4.78 is 0. The first kappa shape index (κ1) is 9.24. The normalized spacial score (nSPS) is 20.6. The third-order valence-electron chi connectivity index (χ3n) is 1.73. The first-order valence-corrected chi connectivity index (χ1v) is 3.77. The van der Waals surface area contributed by atoms with Gasteiger partial charge in [-0.3, -0.25) is 0 Å². The molecule has 6 nitrogen and oxygen atoms in total. The molecule has 0 radical (unpaired) electrons. The van der Waals surface area contributed by atoms with Crippen molar-refractivity contribution >= 4 is 6.09 Å². The van der Waals surface area contributed by atoms with Crippen molar-refractivity contribution in [1.29, 1.82) is 0 Å². The van der Waals surface area contributed by atoms with Gasteiger partial charge in [0.2, 0.25) is 0 Å². The molecule has 1 amide bonds. The molecule has 6 heteroatoms. The van der Waals surface area contributed by atoms with E-state index in [4.69, 9.17) is 9.94 Å². The zero-order valence-electron chi connectivity index (χ0n) is 6.99. The minimum Gasteiger partial charge on any atom is -0.464 e. The van der Waals surface area contributed by atoms with Crippen molar-refractivity contribution < 1.29 is 14.7 Å². The Bertz CT molecular complexity index is 164. The number of hydrazine groups is 1. The van der Waals surface area contributed by atoms with E-state index in [1.165, 1.54) is 5.01 Å². The standard InChI is InChI=1S/C6H13N3O3/c1-12-8-3-2-7-9(5-4-8)6(10)11/h7H,2-5H2,1H3,(H,10,11). The van der Waals surface area contributed by atoms with Crippen LogP contribution in [0.25, 0.3) is 0 Å². The molecule has 12 heavy (non-hydrogen) atoms. The highest BCUT2D eigenvalue weighted by Gasteiger charge is 2.16. The lowest BCUT2D eigenvalue weighted by Crippen LogP contribution is -2.42. The van der Waals surface area contributed by atoms with Gasteiger partial charge in [-0.1, -0.05) is 0 Å². The van der Waals surface area contributed by atoms with Gasteiger partial charge in [0.1, 0.15) is 0 Å². The summed E-state index contributed by atoms with van der Waals surface area (Å²) in [6.45, 7) is 2.29. The fourth-order valence-electron chi connectivity index (χ4n) is 1.06. The Labute approximate surface area is 70.6 Å². The van der Waals surface area contributed by atoms with Crippen LogP contribution in [0.2, 0.25) is 0 Å². The van der Waals surface area contributed by atoms with E-state index in [0.717, 1.165) is 0 Å². The largest absolute Gasteiger partial charge is 0.464 e. The van der Waals surface area contributed by atoms with Gasteiger partial charge < -0.3 is 9.94 Å². The van der Waals surface area contributed by atoms with Crippen LogP contribution < -0.4 is 5.43 Å². The number of amides is 1. The lowest BCUT2D eigenvalue weighted by Gasteiger charge is -2.16. The molecule has 0 bridgehead atoms. The highest BCUT2D eigenvalue weighted by Crippen LogP contribution is 1.94. The SMILES string of the molecule is CON1CCNN(C(=O)O)CC1. The summed E-state index contributed by atoms with van der Waals surface area (Å²) in [5.41, 5.74) is 2.76. The van der Waals surface area contributed by atoms with E-state index in [-0.39, 0.29) is 0 Å². The molecule has 2 N–H and O–H groups in total. The lowest BCUT2D eigenvalue weighted by atomic mass is 10.6. The third-order valence-corrected chi connectivity index (χ3v) is 1.73. The van der Waals surface area contributed by atoms with Crippen LogP contribution in [0.15, 0.2) is 0 Å². The van der Waals surface area contributed by atoms with Crippen LogP contribution in [0, 0.1) is 0 Å². The first-order valence-electron chi connectivity index (χ1n) is 3.77. The molecule has 0 atom stereocenters. The summed E-state index contributed by atoms with van der Waals surface area (Å²) in [7, 11) is 1.58. The summed E-state index contributed by atoms with van der Waals surface area (Å²) in [4.78, 5) is 15.5. The molecule has 0 aromatic heterocycles. The van der Waals surface area contributed by atoms with E-state index in [9.17, 15) is 4.79 Å². The molecule has 1 fully saturated rings. The molecule has 0 saturated carbocycles. The molecule has 0 aromatic rings. The van der Waals surface area contributed by atoms with Crippen molar-refractivity contribution in [3.8, 4) is 0 Å². The molecule has 0 aliphatic carbocycles. The molecular formula is C6H13N3O3. The summed E-state index contributed by atoms with van der Waals surface area (Å²) >= 11 is 0. The molecule has 1 heterocycles. The Morgan fingerprint density at radius 3 is 2.83 bits per heavy atom. The van der Waals surface area contributed by atoms with Gasteiger partial charge in [-0.05, 0) is 0 Å². The van der Waals surface area contributed by atoms with Crippen LogP contribution in [0.5, 0.6) is 0 Å². The van der Waals surface area contributed by atoms with Gasteiger partial charge in [-0.2, -0.15) is 5.06 Å². The number of nitrogens with one attached hydrogen (secondary N) is 1. The summed E-state index contributed by atoms with van der Waals surface area (Å²) in [6.07, 6.45) is -0.951. The minimum atomic E-state index is -0.951. The predicted molar refractivity (Wildman–Crippen MR) is 41.3 cm³/mol. The maximum absolute atomic E-state index is 10.5. The monoisotopic (exact) mass is 175 g/mol. The maximum Gasteiger partial charge on any atom is 0.421 e. The Morgan fingerprint density at radius 1 is 1.50 bits per heavy atom. The smallest absolute Gasteiger partial charge is 0.421 e. The molecule has 1 saturated heterocycles. The topological polar surface area (TPSA) is 65.0 Å². The van der Waals surface area contributed by atoms with Crippen molar-refractivity contribution in [2.45, 2.75) is 0 Å². The van der Waals surface area contributed by atoms with Crippen molar-refractivity contribution in [1.82, 2.24) is 15.5 Å². The van der Waals surface area contributed by atoms with Crippen molar-refractivity contribution in [2.75, 3.05) is 33.3 Å². The van der Waals surface area contributed by atoms with E-state index in [0.29, 0.717) is 26.2 Å². The molecule has 1 aliphatic rings. The highest BCUT2D eigenvalue weighted by atomic mass is 16.7. The molecule has 0 aromatic carbocycles. The molecule has 70 valence electrons. The number of nitrogens with zero attached hydrogens (tertiary/aromatic N) is 2. The quantitative estimate of drug-likeness (QED) is 0.554. The average Bonchev–Trinajstić information content (AvgIpc) is 2.28. The molecule has 0 unspecified atom stereocenters. The average molecular weight is 175 g/mol.